The molecule has 1 aliphatic heterocycles. The van der Waals surface area contributed by atoms with Gasteiger partial charge in [-0.05, 0) is 36.7 Å². The Morgan fingerprint density at radius 2 is 2.50 bits per heavy atom. The van der Waals surface area contributed by atoms with Crippen LogP contribution in [0.4, 0.5) is 0 Å². The van der Waals surface area contributed by atoms with Crippen molar-refractivity contribution < 1.29 is 4.74 Å². The van der Waals surface area contributed by atoms with Crippen molar-refractivity contribution >= 4 is 0 Å². The second kappa shape index (κ2) is 5.48. The molecule has 16 heavy (non-hydrogen) atoms. The molecule has 2 rings (SSSR count). The molecule has 0 amide bonds. The van der Waals surface area contributed by atoms with Gasteiger partial charge in [0, 0.05) is 26.0 Å². The molecule has 1 aliphatic rings. The maximum Gasteiger partial charge on any atom is 0.0524 e. The summed E-state index contributed by atoms with van der Waals surface area (Å²) in [5.41, 5.74) is 1.37. The Kier molecular flexibility index (Phi) is 3.99. The maximum absolute atomic E-state index is 5.38. The van der Waals surface area contributed by atoms with Gasteiger partial charge in [-0.1, -0.05) is 13.8 Å². The molecule has 0 aromatic carbocycles. The average molecular weight is 222 g/mol. The van der Waals surface area contributed by atoms with E-state index in [4.69, 9.17) is 4.74 Å². The summed E-state index contributed by atoms with van der Waals surface area (Å²) in [5, 5.41) is 4.42. The van der Waals surface area contributed by atoms with E-state index >= 15 is 0 Å². The van der Waals surface area contributed by atoms with E-state index in [1.807, 2.05) is 6.20 Å². The van der Waals surface area contributed by atoms with Crippen LogP contribution in [0.5, 0.6) is 0 Å². The Labute approximate surface area is 97.8 Å². The summed E-state index contributed by atoms with van der Waals surface area (Å²) in [5.74, 6) is 1.37. The zero-order valence-electron chi connectivity index (χ0n) is 10.4. The van der Waals surface area contributed by atoms with E-state index in [9.17, 15) is 0 Å². The first-order chi connectivity index (χ1) is 7.79. The number of hydrogen-bond acceptors (Lipinski definition) is 2. The zero-order valence-corrected chi connectivity index (χ0v) is 10.4. The number of nitrogens with zero attached hydrogens (tertiary/aromatic N) is 2. The molecule has 0 bridgehead atoms. The highest BCUT2D eigenvalue weighted by atomic mass is 16.5. The fraction of sp³-hybridized carbons (Fsp3) is 0.769. The molecule has 0 aliphatic carbocycles. The molecule has 0 spiro atoms. The number of hydrogen-bond donors (Lipinski definition) is 0. The van der Waals surface area contributed by atoms with Crippen molar-refractivity contribution in [3.63, 3.8) is 0 Å². The molecule has 3 nitrogen and oxygen atoms in total. The SMILES string of the molecule is CCC(C)c1cnn(CCC2CCOC2)c1. The van der Waals surface area contributed by atoms with Crippen LogP contribution in [0.15, 0.2) is 12.4 Å². The summed E-state index contributed by atoms with van der Waals surface area (Å²) in [7, 11) is 0. The Bertz CT molecular complexity index is 315. The van der Waals surface area contributed by atoms with Gasteiger partial charge in [0.05, 0.1) is 6.20 Å². The number of aromatic nitrogens is 2. The van der Waals surface area contributed by atoms with Crippen LogP contribution < -0.4 is 0 Å². The van der Waals surface area contributed by atoms with E-state index in [1.165, 1.54) is 24.8 Å². The third kappa shape index (κ3) is 2.85. The van der Waals surface area contributed by atoms with Gasteiger partial charge in [0.15, 0.2) is 0 Å². The van der Waals surface area contributed by atoms with Gasteiger partial charge >= 0.3 is 0 Å². The van der Waals surface area contributed by atoms with Crippen LogP contribution >= 0.6 is 0 Å². The normalized spacial score (nSPS) is 22.5. The van der Waals surface area contributed by atoms with Crippen molar-refractivity contribution in [3.8, 4) is 0 Å². The molecule has 1 fully saturated rings. The van der Waals surface area contributed by atoms with E-state index in [-0.39, 0.29) is 0 Å². The van der Waals surface area contributed by atoms with E-state index in [0.29, 0.717) is 5.92 Å². The smallest absolute Gasteiger partial charge is 0.0524 e. The molecule has 0 N–H and O–H groups in total. The molecule has 0 radical (unpaired) electrons. The molecule has 2 atom stereocenters. The van der Waals surface area contributed by atoms with Gasteiger partial charge in [0.1, 0.15) is 0 Å². The number of ether oxygens (including phenoxy) is 1. The van der Waals surface area contributed by atoms with E-state index < -0.39 is 0 Å². The van der Waals surface area contributed by atoms with Crippen molar-refractivity contribution in [1.82, 2.24) is 9.78 Å². The summed E-state index contributed by atoms with van der Waals surface area (Å²) in [6.45, 7) is 7.40. The van der Waals surface area contributed by atoms with Gasteiger partial charge in [-0.25, -0.2) is 0 Å². The molecule has 2 unspecified atom stereocenters. The van der Waals surface area contributed by atoms with E-state index in [1.54, 1.807) is 0 Å². The summed E-state index contributed by atoms with van der Waals surface area (Å²) >= 11 is 0. The molecule has 0 saturated carbocycles. The summed E-state index contributed by atoms with van der Waals surface area (Å²) < 4.78 is 7.46. The first-order valence-corrected chi connectivity index (χ1v) is 6.39. The zero-order chi connectivity index (χ0) is 11.4. The second-order valence-corrected chi connectivity index (χ2v) is 4.86. The van der Waals surface area contributed by atoms with Gasteiger partial charge in [-0.3, -0.25) is 4.68 Å². The number of aryl methyl sites for hydroxylation is 1. The molecule has 1 saturated heterocycles. The first kappa shape index (κ1) is 11.6. The van der Waals surface area contributed by atoms with E-state index in [0.717, 1.165) is 25.7 Å². The second-order valence-electron chi connectivity index (χ2n) is 4.86. The highest BCUT2D eigenvalue weighted by Crippen LogP contribution is 2.19. The van der Waals surface area contributed by atoms with Gasteiger partial charge in [-0.15, -0.1) is 0 Å². The number of rotatable bonds is 5. The summed E-state index contributed by atoms with van der Waals surface area (Å²) in [6.07, 6.45) is 7.81. The predicted molar refractivity (Wildman–Crippen MR) is 64.5 cm³/mol. The topological polar surface area (TPSA) is 27.1 Å². The third-order valence-electron chi connectivity index (χ3n) is 3.63. The lowest BCUT2D eigenvalue weighted by molar-refractivity contribution is 0.183. The molecule has 3 heteroatoms. The predicted octanol–water partition coefficient (Wildman–Crippen LogP) is 2.82. The fourth-order valence-electron chi connectivity index (χ4n) is 2.12. The van der Waals surface area contributed by atoms with Crippen LogP contribution in [0.3, 0.4) is 0 Å². The lowest BCUT2D eigenvalue weighted by Crippen LogP contribution is -2.06. The van der Waals surface area contributed by atoms with Gasteiger partial charge < -0.3 is 4.74 Å². The van der Waals surface area contributed by atoms with Crippen molar-refractivity contribution in [2.45, 2.75) is 45.6 Å². The van der Waals surface area contributed by atoms with Gasteiger partial charge in [0.2, 0.25) is 0 Å². The molecular weight excluding hydrogens is 200 g/mol. The highest BCUT2D eigenvalue weighted by molar-refractivity contribution is 5.09. The maximum atomic E-state index is 5.38. The highest BCUT2D eigenvalue weighted by Gasteiger charge is 2.15. The van der Waals surface area contributed by atoms with Crippen molar-refractivity contribution in [3.05, 3.63) is 18.0 Å². The Morgan fingerprint density at radius 3 is 3.19 bits per heavy atom. The van der Waals surface area contributed by atoms with Crippen LogP contribution in [0, 0.1) is 5.92 Å². The van der Waals surface area contributed by atoms with Crippen LogP contribution in [-0.2, 0) is 11.3 Å². The van der Waals surface area contributed by atoms with Crippen molar-refractivity contribution in [2.75, 3.05) is 13.2 Å². The minimum atomic E-state index is 0.628. The average Bonchev–Trinajstić information content (AvgIpc) is 2.96. The summed E-state index contributed by atoms with van der Waals surface area (Å²) in [4.78, 5) is 0. The Hall–Kier alpha value is -0.830. The molecule has 90 valence electrons. The lowest BCUT2D eigenvalue weighted by Gasteiger charge is -2.07. The first-order valence-electron chi connectivity index (χ1n) is 6.39. The van der Waals surface area contributed by atoms with Crippen LogP contribution in [-0.4, -0.2) is 23.0 Å². The molecule has 1 aromatic heterocycles. The lowest BCUT2D eigenvalue weighted by atomic mass is 10.0. The molecular formula is C13H22N2O. The van der Waals surface area contributed by atoms with Gasteiger partial charge in [-0.2, -0.15) is 5.10 Å². The quantitative estimate of drug-likeness (QED) is 0.766. The molecule has 1 aromatic rings. The Morgan fingerprint density at radius 1 is 1.62 bits per heavy atom. The minimum absolute atomic E-state index is 0.628. The molecule has 2 heterocycles. The van der Waals surface area contributed by atoms with Crippen molar-refractivity contribution in [2.24, 2.45) is 5.92 Å². The van der Waals surface area contributed by atoms with Crippen LogP contribution in [0.1, 0.15) is 44.6 Å². The summed E-state index contributed by atoms with van der Waals surface area (Å²) in [6, 6.07) is 0. The van der Waals surface area contributed by atoms with Crippen LogP contribution in [0.25, 0.3) is 0 Å². The van der Waals surface area contributed by atoms with E-state index in [2.05, 4.69) is 29.8 Å². The Balaban J connectivity index is 1.82. The standard InChI is InChI=1S/C13H22N2O/c1-3-11(2)13-8-14-15(9-13)6-4-12-5-7-16-10-12/h8-9,11-12H,3-7,10H2,1-2H3. The van der Waals surface area contributed by atoms with Crippen LogP contribution in [0.2, 0.25) is 0 Å². The minimum Gasteiger partial charge on any atom is -0.381 e. The largest absolute Gasteiger partial charge is 0.381 e. The fourth-order valence-corrected chi connectivity index (χ4v) is 2.12. The third-order valence-corrected chi connectivity index (χ3v) is 3.63. The monoisotopic (exact) mass is 222 g/mol. The van der Waals surface area contributed by atoms with Gasteiger partial charge in [0.25, 0.3) is 0 Å². The van der Waals surface area contributed by atoms with Crippen molar-refractivity contribution in [1.29, 1.82) is 0 Å².